The number of amides is 2. The van der Waals surface area contributed by atoms with E-state index in [0.717, 1.165) is 48.9 Å². The van der Waals surface area contributed by atoms with Gasteiger partial charge in [0.05, 0.1) is 6.04 Å². The zero-order valence-corrected chi connectivity index (χ0v) is 17.7. The summed E-state index contributed by atoms with van der Waals surface area (Å²) in [6.07, 6.45) is 4.37. The molecule has 160 valence electrons. The van der Waals surface area contributed by atoms with Crippen molar-refractivity contribution in [2.24, 2.45) is 0 Å². The van der Waals surface area contributed by atoms with Crippen LogP contribution in [0.5, 0.6) is 0 Å². The number of nitrogens with one attached hydrogen (secondary N) is 3. The predicted molar refractivity (Wildman–Crippen MR) is 118 cm³/mol. The molecule has 0 radical (unpaired) electrons. The Morgan fingerprint density at radius 3 is 2.60 bits per heavy atom. The summed E-state index contributed by atoms with van der Waals surface area (Å²) in [5.74, 6) is -0.475. The van der Waals surface area contributed by atoms with E-state index in [-0.39, 0.29) is 29.6 Å². The normalized spacial score (nSPS) is 13.9. The minimum atomic E-state index is -0.421. The summed E-state index contributed by atoms with van der Waals surface area (Å²) in [7, 11) is 1.69. The average molecular weight is 411 g/mol. The third-order valence-electron chi connectivity index (χ3n) is 5.56. The lowest BCUT2D eigenvalue weighted by Gasteiger charge is -2.23. The van der Waals surface area contributed by atoms with Gasteiger partial charge in [0.25, 0.3) is 5.56 Å². The molecule has 0 unspecified atom stereocenters. The second kappa shape index (κ2) is 10.2. The van der Waals surface area contributed by atoms with Crippen molar-refractivity contribution in [2.75, 3.05) is 18.9 Å². The number of pyridine rings is 1. The molecule has 0 bridgehead atoms. The summed E-state index contributed by atoms with van der Waals surface area (Å²) >= 11 is 0. The zero-order valence-electron chi connectivity index (χ0n) is 17.7. The van der Waals surface area contributed by atoms with Crippen molar-refractivity contribution in [3.8, 4) is 0 Å². The number of benzene rings is 1. The van der Waals surface area contributed by atoms with Gasteiger partial charge in [-0.3, -0.25) is 14.4 Å². The van der Waals surface area contributed by atoms with Crippen molar-refractivity contribution in [1.29, 1.82) is 0 Å². The van der Waals surface area contributed by atoms with Gasteiger partial charge in [0.2, 0.25) is 11.8 Å². The molecule has 2 aromatic rings. The van der Waals surface area contributed by atoms with Crippen molar-refractivity contribution in [1.82, 2.24) is 15.2 Å². The molecule has 2 amide bonds. The molecule has 1 aliphatic rings. The van der Waals surface area contributed by atoms with Crippen LogP contribution in [-0.2, 0) is 35.4 Å². The number of hydrogen-bond acceptors (Lipinski definition) is 4. The van der Waals surface area contributed by atoms with Crippen LogP contribution in [0.15, 0.2) is 41.2 Å². The number of aryl methyl sites for hydroxylation is 1. The minimum Gasteiger partial charge on any atom is -0.354 e. The number of likely N-dealkylation sites (N-methyl/N-ethyl adjacent to an activating group) is 1. The van der Waals surface area contributed by atoms with Gasteiger partial charge in [-0.05, 0) is 63.3 Å². The second-order valence-electron chi connectivity index (χ2n) is 7.71. The molecule has 30 heavy (non-hydrogen) atoms. The molecule has 1 heterocycles. The average Bonchev–Trinajstić information content (AvgIpc) is 2.76. The number of carbonyl (C=O) groups excluding carboxylic acids is 2. The second-order valence-corrected chi connectivity index (χ2v) is 7.71. The molecule has 1 atom stereocenters. The monoisotopic (exact) mass is 410 g/mol. The van der Waals surface area contributed by atoms with E-state index >= 15 is 0 Å². The number of rotatable bonds is 8. The molecule has 3 rings (SSSR count). The Morgan fingerprint density at radius 1 is 1.13 bits per heavy atom. The van der Waals surface area contributed by atoms with Crippen LogP contribution in [0, 0.1) is 0 Å². The van der Waals surface area contributed by atoms with Gasteiger partial charge in [-0.15, -0.1) is 0 Å². The molecule has 3 N–H and O–H groups in total. The third kappa shape index (κ3) is 5.36. The molecular formula is C23H30N4O3. The van der Waals surface area contributed by atoms with Crippen LogP contribution in [0.4, 0.5) is 5.69 Å². The van der Waals surface area contributed by atoms with Gasteiger partial charge in [0, 0.05) is 12.2 Å². The van der Waals surface area contributed by atoms with Gasteiger partial charge in [-0.25, -0.2) is 0 Å². The Labute approximate surface area is 176 Å². The number of hydrogen-bond donors (Lipinski definition) is 3. The third-order valence-corrected chi connectivity index (χ3v) is 5.56. The number of aromatic nitrogens is 1. The summed E-state index contributed by atoms with van der Waals surface area (Å²) in [5, 5.41) is 8.49. The van der Waals surface area contributed by atoms with E-state index in [1.165, 1.54) is 4.57 Å². The summed E-state index contributed by atoms with van der Waals surface area (Å²) in [6, 6.07) is 11.3. The van der Waals surface area contributed by atoms with Crippen LogP contribution in [0.1, 0.15) is 36.6 Å². The molecule has 1 aromatic carbocycles. The van der Waals surface area contributed by atoms with Crippen LogP contribution in [0.2, 0.25) is 0 Å². The first-order valence-corrected chi connectivity index (χ1v) is 10.5. The lowest BCUT2D eigenvalue weighted by Crippen LogP contribution is -2.40. The summed E-state index contributed by atoms with van der Waals surface area (Å²) in [5.41, 5.74) is 3.00. The minimum absolute atomic E-state index is 0.0404. The summed E-state index contributed by atoms with van der Waals surface area (Å²) in [4.78, 5) is 37.9. The molecule has 7 heteroatoms. The zero-order chi connectivity index (χ0) is 21.5. The fraction of sp³-hybridized carbons (Fsp3) is 0.435. The summed E-state index contributed by atoms with van der Waals surface area (Å²) in [6.45, 7) is 2.20. The first-order chi connectivity index (χ1) is 14.5. The Hall–Kier alpha value is -2.93. The Kier molecular flexibility index (Phi) is 7.41. The van der Waals surface area contributed by atoms with E-state index in [2.05, 4.69) is 16.0 Å². The highest BCUT2D eigenvalue weighted by atomic mass is 16.2. The first kappa shape index (κ1) is 21.8. The topological polar surface area (TPSA) is 92.2 Å². The highest BCUT2D eigenvalue weighted by Crippen LogP contribution is 2.22. The Morgan fingerprint density at radius 2 is 1.87 bits per heavy atom. The molecule has 7 nitrogen and oxygen atoms in total. The van der Waals surface area contributed by atoms with Crippen molar-refractivity contribution in [2.45, 2.75) is 51.6 Å². The summed E-state index contributed by atoms with van der Waals surface area (Å²) < 4.78 is 1.53. The Balaban J connectivity index is 1.75. The van der Waals surface area contributed by atoms with E-state index < -0.39 is 6.04 Å². The highest BCUT2D eigenvalue weighted by molar-refractivity contribution is 5.94. The maximum absolute atomic E-state index is 13.1. The van der Waals surface area contributed by atoms with Gasteiger partial charge < -0.3 is 20.5 Å². The highest BCUT2D eigenvalue weighted by Gasteiger charge is 2.21. The fourth-order valence-electron chi connectivity index (χ4n) is 3.70. The Bertz CT molecular complexity index is 953. The molecule has 0 spiro atoms. The number of anilines is 1. The van der Waals surface area contributed by atoms with Crippen LogP contribution >= 0.6 is 0 Å². The fourth-order valence-corrected chi connectivity index (χ4v) is 3.70. The lowest BCUT2D eigenvalue weighted by molar-refractivity contribution is -0.121. The van der Waals surface area contributed by atoms with E-state index in [9.17, 15) is 14.4 Å². The quantitative estimate of drug-likeness (QED) is 0.617. The first-order valence-electron chi connectivity index (χ1n) is 10.5. The molecule has 0 aliphatic heterocycles. The van der Waals surface area contributed by atoms with Crippen molar-refractivity contribution >= 4 is 17.5 Å². The molecule has 1 aliphatic carbocycles. The van der Waals surface area contributed by atoms with E-state index in [4.69, 9.17) is 0 Å². The number of nitrogens with zero attached hydrogens (tertiary/aromatic N) is 1. The van der Waals surface area contributed by atoms with Crippen molar-refractivity contribution in [3.05, 3.63) is 63.6 Å². The maximum Gasteiger partial charge on any atom is 0.275 e. The van der Waals surface area contributed by atoms with Gasteiger partial charge in [0.15, 0.2) is 0 Å². The van der Waals surface area contributed by atoms with Gasteiger partial charge in [0.1, 0.15) is 12.2 Å². The van der Waals surface area contributed by atoms with E-state index in [1.54, 1.807) is 20.0 Å². The van der Waals surface area contributed by atoms with Crippen LogP contribution in [0.25, 0.3) is 0 Å². The van der Waals surface area contributed by atoms with Crippen LogP contribution in [-0.4, -0.2) is 36.0 Å². The SMILES string of the molecule is CN[C@@H](C)C(=O)Nc1cc2c(n(CC(=O)NCCc3ccccc3)c1=O)CCCC2. The predicted octanol–water partition coefficient (Wildman–Crippen LogP) is 1.63. The largest absolute Gasteiger partial charge is 0.354 e. The van der Waals surface area contributed by atoms with E-state index in [0.29, 0.717) is 6.54 Å². The molecule has 0 saturated heterocycles. The van der Waals surface area contributed by atoms with Gasteiger partial charge >= 0.3 is 0 Å². The molecule has 1 aromatic heterocycles. The van der Waals surface area contributed by atoms with Crippen LogP contribution in [0.3, 0.4) is 0 Å². The smallest absolute Gasteiger partial charge is 0.275 e. The standard InChI is InChI=1S/C23H30N4O3/c1-16(24-2)22(29)26-19-14-18-10-6-7-11-20(18)27(23(19)30)15-21(28)25-13-12-17-8-4-3-5-9-17/h3-5,8-9,14,16,24H,6-7,10-13,15H2,1-2H3,(H,25,28)(H,26,29)/t16-/m0/s1. The maximum atomic E-state index is 13.1. The van der Waals surface area contributed by atoms with Gasteiger partial charge in [-0.2, -0.15) is 0 Å². The van der Waals surface area contributed by atoms with Crippen LogP contribution < -0.4 is 21.5 Å². The lowest BCUT2D eigenvalue weighted by atomic mass is 9.95. The van der Waals surface area contributed by atoms with Gasteiger partial charge in [-0.1, -0.05) is 30.3 Å². The molecule has 0 fully saturated rings. The molecule has 0 saturated carbocycles. The van der Waals surface area contributed by atoms with Crippen molar-refractivity contribution in [3.63, 3.8) is 0 Å². The van der Waals surface area contributed by atoms with Crippen molar-refractivity contribution < 1.29 is 9.59 Å². The molecular weight excluding hydrogens is 380 g/mol. The van der Waals surface area contributed by atoms with E-state index in [1.807, 2.05) is 30.3 Å². The number of fused-ring (bicyclic) bond motifs is 1. The number of carbonyl (C=O) groups is 2.